The first-order valence-corrected chi connectivity index (χ1v) is 7.78. The number of hydrogen-bond donors (Lipinski definition) is 2. The van der Waals surface area contributed by atoms with Crippen LogP contribution in [0.3, 0.4) is 0 Å². The summed E-state index contributed by atoms with van der Waals surface area (Å²) < 4.78 is 5.96. The number of anilines is 1. The first-order chi connectivity index (χ1) is 9.95. The summed E-state index contributed by atoms with van der Waals surface area (Å²) >= 11 is 3.58. The van der Waals surface area contributed by atoms with Gasteiger partial charge in [0.1, 0.15) is 0 Å². The van der Waals surface area contributed by atoms with Crippen molar-refractivity contribution >= 4 is 27.5 Å². The van der Waals surface area contributed by atoms with E-state index in [1.807, 2.05) is 24.8 Å². The second kappa shape index (κ2) is 9.02. The lowest BCUT2D eigenvalue weighted by molar-refractivity contribution is -0.116. The van der Waals surface area contributed by atoms with Gasteiger partial charge in [0.2, 0.25) is 5.91 Å². The van der Waals surface area contributed by atoms with Gasteiger partial charge in [-0.3, -0.25) is 4.79 Å². The van der Waals surface area contributed by atoms with Crippen LogP contribution >= 0.6 is 15.9 Å². The maximum atomic E-state index is 11.2. The molecule has 0 saturated carbocycles. The standard InChI is InChI=1S/C15H24BrN3O2/c1-11(2)19(10-15(17)20)14-5-4-12(8-13(14)16)9-18-6-7-21-3/h4-5,8,11,18H,6-7,9-10H2,1-3H3,(H2,17,20). The quantitative estimate of drug-likeness (QED) is 0.662. The van der Waals surface area contributed by atoms with Gasteiger partial charge in [0, 0.05) is 30.7 Å². The van der Waals surface area contributed by atoms with Crippen molar-refractivity contribution in [2.24, 2.45) is 5.73 Å². The summed E-state index contributed by atoms with van der Waals surface area (Å²) in [5, 5.41) is 3.30. The number of hydrogen-bond acceptors (Lipinski definition) is 4. The third-order valence-electron chi connectivity index (χ3n) is 3.08. The van der Waals surface area contributed by atoms with Gasteiger partial charge in [0.15, 0.2) is 0 Å². The van der Waals surface area contributed by atoms with Gasteiger partial charge in [-0.25, -0.2) is 0 Å². The van der Waals surface area contributed by atoms with Crippen molar-refractivity contribution in [3.8, 4) is 0 Å². The van der Waals surface area contributed by atoms with Crippen LogP contribution in [0.2, 0.25) is 0 Å². The lowest BCUT2D eigenvalue weighted by atomic mass is 10.1. The predicted octanol–water partition coefficient (Wildman–Crippen LogP) is 1.89. The number of halogens is 1. The van der Waals surface area contributed by atoms with Crippen LogP contribution in [-0.4, -0.2) is 38.8 Å². The average Bonchev–Trinajstić information content (AvgIpc) is 2.41. The molecule has 0 saturated heterocycles. The van der Waals surface area contributed by atoms with Crippen LogP contribution in [0, 0.1) is 0 Å². The summed E-state index contributed by atoms with van der Waals surface area (Å²) in [5.41, 5.74) is 7.47. The molecular formula is C15H24BrN3O2. The molecule has 0 bridgehead atoms. The van der Waals surface area contributed by atoms with Crippen molar-refractivity contribution in [1.29, 1.82) is 0 Å². The fraction of sp³-hybridized carbons (Fsp3) is 0.533. The van der Waals surface area contributed by atoms with Crippen molar-refractivity contribution in [2.45, 2.75) is 26.4 Å². The van der Waals surface area contributed by atoms with E-state index in [1.165, 1.54) is 5.56 Å². The number of carbonyl (C=O) groups is 1. The van der Waals surface area contributed by atoms with E-state index in [2.05, 4.69) is 33.4 Å². The van der Waals surface area contributed by atoms with E-state index in [1.54, 1.807) is 7.11 Å². The zero-order chi connectivity index (χ0) is 15.8. The molecule has 3 N–H and O–H groups in total. The summed E-state index contributed by atoms with van der Waals surface area (Å²) in [6.07, 6.45) is 0. The molecule has 1 rings (SSSR count). The second-order valence-corrected chi connectivity index (χ2v) is 6.00. The van der Waals surface area contributed by atoms with Crippen LogP contribution in [0.1, 0.15) is 19.4 Å². The van der Waals surface area contributed by atoms with Crippen molar-refractivity contribution in [2.75, 3.05) is 31.7 Å². The number of nitrogens with two attached hydrogens (primary N) is 1. The number of primary amides is 1. The molecule has 1 amide bonds. The minimum atomic E-state index is -0.332. The molecule has 0 heterocycles. The molecule has 0 atom stereocenters. The Morgan fingerprint density at radius 1 is 1.48 bits per heavy atom. The number of amides is 1. The van der Waals surface area contributed by atoms with Crippen LogP contribution in [0.25, 0.3) is 0 Å². The first-order valence-electron chi connectivity index (χ1n) is 6.98. The molecule has 1 aromatic carbocycles. The number of ether oxygens (including phenoxy) is 1. The number of nitrogens with one attached hydrogen (secondary N) is 1. The van der Waals surface area contributed by atoms with E-state index < -0.39 is 0 Å². The van der Waals surface area contributed by atoms with Crippen LogP contribution in [0.5, 0.6) is 0 Å². The van der Waals surface area contributed by atoms with Gasteiger partial charge >= 0.3 is 0 Å². The molecule has 0 radical (unpaired) electrons. The number of methoxy groups -OCH3 is 1. The van der Waals surface area contributed by atoms with E-state index in [0.29, 0.717) is 6.61 Å². The molecule has 0 unspecified atom stereocenters. The van der Waals surface area contributed by atoms with Crippen LogP contribution in [-0.2, 0) is 16.1 Å². The SMILES string of the molecule is COCCNCc1ccc(N(CC(N)=O)C(C)C)c(Br)c1. The predicted molar refractivity (Wildman–Crippen MR) is 89.4 cm³/mol. The van der Waals surface area contributed by atoms with Crippen molar-refractivity contribution in [3.05, 3.63) is 28.2 Å². The summed E-state index contributed by atoms with van der Waals surface area (Å²) in [7, 11) is 1.69. The van der Waals surface area contributed by atoms with Gasteiger partial charge in [-0.1, -0.05) is 6.07 Å². The van der Waals surface area contributed by atoms with Gasteiger partial charge < -0.3 is 20.7 Å². The minimum absolute atomic E-state index is 0.194. The topological polar surface area (TPSA) is 67.6 Å². The lowest BCUT2D eigenvalue weighted by Gasteiger charge is -2.28. The van der Waals surface area contributed by atoms with Gasteiger partial charge in [-0.05, 0) is 47.5 Å². The van der Waals surface area contributed by atoms with Gasteiger partial charge in [0.25, 0.3) is 0 Å². The van der Waals surface area contributed by atoms with Crippen LogP contribution in [0.4, 0.5) is 5.69 Å². The highest BCUT2D eigenvalue weighted by molar-refractivity contribution is 9.10. The first kappa shape index (κ1) is 17.9. The average molecular weight is 358 g/mol. The molecule has 1 aromatic rings. The summed E-state index contributed by atoms with van der Waals surface area (Å²) in [6.45, 7) is 6.57. The van der Waals surface area contributed by atoms with Crippen molar-refractivity contribution < 1.29 is 9.53 Å². The molecule has 0 spiro atoms. The molecule has 0 aromatic heterocycles. The Balaban J connectivity index is 2.77. The Morgan fingerprint density at radius 2 is 2.19 bits per heavy atom. The minimum Gasteiger partial charge on any atom is -0.383 e. The van der Waals surface area contributed by atoms with Crippen molar-refractivity contribution in [1.82, 2.24) is 5.32 Å². The fourth-order valence-corrected chi connectivity index (χ4v) is 2.67. The van der Waals surface area contributed by atoms with Crippen molar-refractivity contribution in [3.63, 3.8) is 0 Å². The number of carbonyl (C=O) groups excluding carboxylic acids is 1. The highest BCUT2D eigenvalue weighted by atomic mass is 79.9. The zero-order valence-electron chi connectivity index (χ0n) is 12.9. The third-order valence-corrected chi connectivity index (χ3v) is 3.72. The normalized spacial score (nSPS) is 10.9. The number of rotatable bonds is 9. The highest BCUT2D eigenvalue weighted by Crippen LogP contribution is 2.28. The Morgan fingerprint density at radius 3 is 2.71 bits per heavy atom. The molecule has 118 valence electrons. The molecule has 6 heteroatoms. The monoisotopic (exact) mass is 357 g/mol. The third kappa shape index (κ3) is 6.03. The Hall–Kier alpha value is -1.11. The van der Waals surface area contributed by atoms with Gasteiger partial charge in [-0.15, -0.1) is 0 Å². The summed E-state index contributed by atoms with van der Waals surface area (Å²) in [4.78, 5) is 13.2. The molecule has 5 nitrogen and oxygen atoms in total. The van der Waals surface area contributed by atoms with Gasteiger partial charge in [-0.2, -0.15) is 0 Å². The zero-order valence-corrected chi connectivity index (χ0v) is 14.4. The van der Waals surface area contributed by atoms with E-state index in [4.69, 9.17) is 10.5 Å². The van der Waals surface area contributed by atoms with E-state index in [-0.39, 0.29) is 18.5 Å². The van der Waals surface area contributed by atoms with E-state index >= 15 is 0 Å². The number of nitrogens with zero attached hydrogens (tertiary/aromatic N) is 1. The number of benzene rings is 1. The molecule has 21 heavy (non-hydrogen) atoms. The smallest absolute Gasteiger partial charge is 0.236 e. The van der Waals surface area contributed by atoms with E-state index in [9.17, 15) is 4.79 Å². The molecule has 0 aliphatic rings. The largest absolute Gasteiger partial charge is 0.383 e. The highest BCUT2D eigenvalue weighted by Gasteiger charge is 2.16. The Kier molecular flexibility index (Phi) is 7.71. The van der Waals surface area contributed by atoms with Gasteiger partial charge in [0.05, 0.1) is 18.8 Å². The summed E-state index contributed by atoms with van der Waals surface area (Å²) in [6, 6.07) is 6.32. The molecule has 0 fully saturated rings. The van der Waals surface area contributed by atoms with Crippen LogP contribution < -0.4 is 16.0 Å². The molecule has 0 aliphatic carbocycles. The molecular weight excluding hydrogens is 334 g/mol. The van der Waals surface area contributed by atoms with Crippen LogP contribution in [0.15, 0.2) is 22.7 Å². The lowest BCUT2D eigenvalue weighted by Crippen LogP contribution is -2.38. The second-order valence-electron chi connectivity index (χ2n) is 5.14. The maximum Gasteiger partial charge on any atom is 0.236 e. The maximum absolute atomic E-state index is 11.2. The van der Waals surface area contributed by atoms with E-state index in [0.717, 1.165) is 23.2 Å². The Bertz CT molecular complexity index is 466. The molecule has 0 aliphatic heterocycles. The fourth-order valence-electron chi connectivity index (χ4n) is 2.01. The summed E-state index contributed by atoms with van der Waals surface area (Å²) in [5.74, 6) is -0.332. The Labute approximate surface area is 135 Å².